The highest BCUT2D eigenvalue weighted by atomic mass is 32.2. The molecule has 8 heteroatoms. The lowest BCUT2D eigenvalue weighted by Crippen LogP contribution is -2.45. The number of carbonyl (C=O) groups is 2. The van der Waals surface area contributed by atoms with Gasteiger partial charge in [0.05, 0.1) is 10.5 Å². The first-order valence-corrected chi connectivity index (χ1v) is 9.55. The molecule has 0 radical (unpaired) electrons. The predicted molar refractivity (Wildman–Crippen MR) is 112 cm³/mol. The maximum atomic E-state index is 13.8. The van der Waals surface area contributed by atoms with E-state index >= 15 is 0 Å². The molecule has 4 rings (SSSR count). The van der Waals surface area contributed by atoms with Gasteiger partial charge in [0, 0.05) is 29.7 Å². The number of benzene rings is 2. The first kappa shape index (κ1) is 18.4. The molecule has 0 saturated carbocycles. The largest absolute Gasteiger partial charge is 0.350 e. The van der Waals surface area contributed by atoms with E-state index in [0.717, 1.165) is 33.2 Å². The zero-order valence-corrected chi connectivity index (χ0v) is 16.3. The highest BCUT2D eigenvalue weighted by Gasteiger charge is 2.34. The summed E-state index contributed by atoms with van der Waals surface area (Å²) in [5.74, 6) is -1.86. The number of carbonyl (C=O) groups excluding carboxylic acids is 2. The van der Waals surface area contributed by atoms with Crippen LogP contribution in [0, 0.1) is 5.82 Å². The van der Waals surface area contributed by atoms with Gasteiger partial charge in [0.15, 0.2) is 4.32 Å². The van der Waals surface area contributed by atoms with Gasteiger partial charge in [-0.1, -0.05) is 42.1 Å². The van der Waals surface area contributed by atoms with Crippen molar-refractivity contribution in [2.75, 3.05) is 0 Å². The van der Waals surface area contributed by atoms with Gasteiger partial charge in [-0.2, -0.15) is 5.01 Å². The van der Waals surface area contributed by atoms with E-state index in [1.54, 1.807) is 12.1 Å². The Morgan fingerprint density at radius 2 is 1.89 bits per heavy atom. The average Bonchev–Trinajstić information content (AvgIpc) is 3.14. The molecule has 2 heterocycles. The fourth-order valence-electron chi connectivity index (χ4n) is 3.00. The van der Waals surface area contributed by atoms with Gasteiger partial charge in [0.1, 0.15) is 5.82 Å². The minimum absolute atomic E-state index is 0.158. The Balaban J connectivity index is 1.61. The Morgan fingerprint density at radius 1 is 1.18 bits per heavy atom. The average molecular weight is 411 g/mol. The van der Waals surface area contributed by atoms with Gasteiger partial charge < -0.3 is 4.57 Å². The van der Waals surface area contributed by atoms with Crippen LogP contribution in [0.15, 0.2) is 59.6 Å². The van der Waals surface area contributed by atoms with Crippen molar-refractivity contribution in [1.29, 1.82) is 0 Å². The lowest BCUT2D eigenvalue weighted by Gasteiger charge is -2.15. The molecule has 0 bridgehead atoms. The number of hydrogen-bond donors (Lipinski definition) is 1. The summed E-state index contributed by atoms with van der Waals surface area (Å²) < 4.78 is 16.0. The topological polar surface area (TPSA) is 54.3 Å². The van der Waals surface area contributed by atoms with Gasteiger partial charge in [0.25, 0.3) is 11.8 Å². The van der Waals surface area contributed by atoms with E-state index in [4.69, 9.17) is 12.2 Å². The third kappa shape index (κ3) is 3.21. The van der Waals surface area contributed by atoms with Crippen LogP contribution in [0.5, 0.6) is 0 Å². The first-order chi connectivity index (χ1) is 13.5. The zero-order chi connectivity index (χ0) is 19.8. The van der Waals surface area contributed by atoms with E-state index < -0.39 is 17.6 Å². The first-order valence-electron chi connectivity index (χ1n) is 8.33. The third-order valence-electron chi connectivity index (χ3n) is 4.34. The summed E-state index contributed by atoms with van der Waals surface area (Å²) >= 11 is 6.31. The Morgan fingerprint density at radius 3 is 2.68 bits per heavy atom. The highest BCUT2D eigenvalue weighted by Crippen LogP contribution is 2.33. The van der Waals surface area contributed by atoms with Crippen LogP contribution in [-0.4, -0.2) is 25.7 Å². The van der Waals surface area contributed by atoms with Gasteiger partial charge in [-0.15, -0.1) is 0 Å². The lowest BCUT2D eigenvalue weighted by molar-refractivity contribution is -0.123. The monoisotopic (exact) mass is 411 g/mol. The Hall–Kier alpha value is -2.97. The molecule has 2 amide bonds. The molecular formula is C20H14FN3O2S2. The summed E-state index contributed by atoms with van der Waals surface area (Å²) in [6, 6.07) is 13.4. The number of fused-ring (bicyclic) bond motifs is 1. The molecule has 1 N–H and O–H groups in total. The van der Waals surface area contributed by atoms with E-state index in [0.29, 0.717) is 4.91 Å². The number of aromatic nitrogens is 1. The molecular weight excluding hydrogens is 397 g/mol. The number of thiocarbonyl (C=S) groups is 1. The van der Waals surface area contributed by atoms with Gasteiger partial charge in [-0.05, 0) is 36.5 Å². The van der Waals surface area contributed by atoms with Crippen molar-refractivity contribution < 1.29 is 14.0 Å². The maximum absolute atomic E-state index is 13.8. The number of amides is 2. The van der Waals surface area contributed by atoms with Crippen LogP contribution in [0.2, 0.25) is 0 Å². The Bertz CT molecular complexity index is 1170. The number of thioether (sulfide) groups is 1. The highest BCUT2D eigenvalue weighted by molar-refractivity contribution is 8.26. The Kier molecular flexibility index (Phi) is 4.74. The van der Waals surface area contributed by atoms with Crippen LogP contribution in [-0.2, 0) is 11.8 Å². The number of nitrogens with one attached hydrogen (secondary N) is 1. The molecule has 1 aliphatic rings. The summed E-state index contributed by atoms with van der Waals surface area (Å²) in [4.78, 5) is 25.5. The van der Waals surface area contributed by atoms with Crippen molar-refractivity contribution >= 4 is 57.1 Å². The lowest BCUT2D eigenvalue weighted by atomic mass is 10.1. The molecule has 1 aromatic heterocycles. The summed E-state index contributed by atoms with van der Waals surface area (Å²) in [5.41, 5.74) is 4.15. The molecule has 0 atom stereocenters. The number of nitrogens with zero attached hydrogens (tertiary/aromatic N) is 2. The molecule has 1 fully saturated rings. The quantitative estimate of drug-likeness (QED) is 0.525. The fourth-order valence-corrected chi connectivity index (χ4v) is 4.17. The molecule has 0 spiro atoms. The smallest absolute Gasteiger partial charge is 0.285 e. The predicted octanol–water partition coefficient (Wildman–Crippen LogP) is 3.86. The maximum Gasteiger partial charge on any atom is 0.285 e. The number of para-hydroxylation sites is 1. The normalized spacial score (nSPS) is 15.6. The van der Waals surface area contributed by atoms with Gasteiger partial charge >= 0.3 is 0 Å². The van der Waals surface area contributed by atoms with E-state index in [2.05, 4.69) is 5.43 Å². The number of hydrazine groups is 1. The minimum Gasteiger partial charge on any atom is -0.350 e. The second-order valence-electron chi connectivity index (χ2n) is 6.15. The molecule has 2 aromatic carbocycles. The zero-order valence-electron chi connectivity index (χ0n) is 14.7. The van der Waals surface area contributed by atoms with Gasteiger partial charge in [-0.25, -0.2) is 4.39 Å². The number of halogens is 1. The van der Waals surface area contributed by atoms with Crippen molar-refractivity contribution in [3.8, 4) is 0 Å². The molecule has 3 aromatic rings. The summed E-state index contributed by atoms with van der Waals surface area (Å²) in [6.45, 7) is 0. The van der Waals surface area contributed by atoms with Crippen LogP contribution in [0.4, 0.5) is 4.39 Å². The molecule has 0 unspecified atom stereocenters. The van der Waals surface area contributed by atoms with Crippen molar-refractivity contribution in [1.82, 2.24) is 15.0 Å². The SMILES string of the molecule is Cn1cc(/C=C2\SC(=S)N(NC(=O)c3ccccc3F)C2=O)c2ccccc21. The van der Waals surface area contributed by atoms with Crippen LogP contribution in [0.3, 0.4) is 0 Å². The second kappa shape index (κ2) is 7.21. The fraction of sp³-hybridized carbons (Fsp3) is 0.0500. The summed E-state index contributed by atoms with van der Waals surface area (Å²) in [5, 5.41) is 1.98. The van der Waals surface area contributed by atoms with Crippen LogP contribution < -0.4 is 5.43 Å². The van der Waals surface area contributed by atoms with Crippen LogP contribution in [0.25, 0.3) is 17.0 Å². The molecule has 1 aliphatic heterocycles. The van der Waals surface area contributed by atoms with Crippen LogP contribution >= 0.6 is 24.0 Å². The molecule has 0 aliphatic carbocycles. The summed E-state index contributed by atoms with van der Waals surface area (Å²) in [6.07, 6.45) is 3.67. The standard InChI is InChI=1S/C20H14FN3O2S2/c1-23-11-12(13-6-3-5-9-16(13)23)10-17-19(26)24(20(27)28-17)22-18(25)14-7-2-4-8-15(14)21/h2-11H,1H3,(H,22,25)/b17-10-. The molecule has 140 valence electrons. The second-order valence-corrected chi connectivity index (χ2v) is 7.83. The third-order valence-corrected chi connectivity index (χ3v) is 5.64. The minimum atomic E-state index is -0.735. The van der Waals surface area contributed by atoms with Crippen molar-refractivity contribution in [3.63, 3.8) is 0 Å². The van der Waals surface area contributed by atoms with Crippen molar-refractivity contribution in [3.05, 3.63) is 76.6 Å². The molecule has 1 saturated heterocycles. The van der Waals surface area contributed by atoms with Gasteiger partial charge in [-0.3, -0.25) is 15.0 Å². The number of hydrogen-bond acceptors (Lipinski definition) is 4. The summed E-state index contributed by atoms with van der Waals surface area (Å²) in [7, 11) is 1.93. The Labute approximate surface area is 169 Å². The molecule has 5 nitrogen and oxygen atoms in total. The van der Waals surface area contributed by atoms with E-state index in [1.807, 2.05) is 42.1 Å². The van der Waals surface area contributed by atoms with Crippen LogP contribution in [0.1, 0.15) is 15.9 Å². The number of aryl methyl sites for hydroxylation is 1. The van der Waals surface area contributed by atoms with E-state index in [1.165, 1.54) is 18.2 Å². The van der Waals surface area contributed by atoms with E-state index in [-0.39, 0.29) is 9.88 Å². The number of rotatable bonds is 3. The van der Waals surface area contributed by atoms with Crippen molar-refractivity contribution in [2.45, 2.75) is 0 Å². The molecule has 28 heavy (non-hydrogen) atoms. The van der Waals surface area contributed by atoms with Gasteiger partial charge in [0.2, 0.25) is 0 Å². The van der Waals surface area contributed by atoms with Crippen molar-refractivity contribution in [2.24, 2.45) is 7.05 Å². The van der Waals surface area contributed by atoms with E-state index in [9.17, 15) is 14.0 Å².